The minimum Gasteiger partial charge on any atom is -0.299 e. The van der Waals surface area contributed by atoms with Gasteiger partial charge in [-0.3, -0.25) is 19.4 Å². The highest BCUT2D eigenvalue weighted by Gasteiger charge is 2.36. The Morgan fingerprint density at radius 1 is 1.05 bits per heavy atom. The number of rotatable bonds is 5. The van der Waals surface area contributed by atoms with Crippen LogP contribution in [0.2, 0.25) is 0 Å². The lowest BCUT2D eigenvalue weighted by atomic mass is 10.1. The van der Waals surface area contributed by atoms with Crippen molar-refractivity contribution in [2.75, 3.05) is 19.6 Å². The summed E-state index contributed by atoms with van der Waals surface area (Å²) in [5.41, 5.74) is 1.05. The maximum absolute atomic E-state index is 12.2. The average molecular weight is 260 g/mol. The molecule has 2 rings (SSSR count). The van der Waals surface area contributed by atoms with Crippen LogP contribution in [0.5, 0.6) is 0 Å². The summed E-state index contributed by atoms with van der Waals surface area (Å²) in [6.07, 6.45) is 0. The summed E-state index contributed by atoms with van der Waals surface area (Å²) in [6, 6.07) is 7.20. The summed E-state index contributed by atoms with van der Waals surface area (Å²) >= 11 is 0. The Bertz CT molecular complexity index is 460. The highest BCUT2D eigenvalue weighted by atomic mass is 16.2. The van der Waals surface area contributed by atoms with E-state index in [0.29, 0.717) is 17.7 Å². The first-order valence-corrected chi connectivity index (χ1v) is 6.79. The van der Waals surface area contributed by atoms with Crippen LogP contribution in [0.1, 0.15) is 41.5 Å². The molecule has 0 fully saturated rings. The fourth-order valence-corrected chi connectivity index (χ4v) is 2.63. The molecule has 1 aliphatic heterocycles. The average Bonchev–Trinajstić information content (AvgIpc) is 2.66. The van der Waals surface area contributed by atoms with Crippen molar-refractivity contribution in [3.63, 3.8) is 0 Å². The summed E-state index contributed by atoms with van der Waals surface area (Å²) in [4.78, 5) is 28.1. The van der Waals surface area contributed by atoms with Gasteiger partial charge in [0, 0.05) is 12.6 Å². The van der Waals surface area contributed by atoms with Crippen molar-refractivity contribution in [2.45, 2.75) is 26.8 Å². The van der Waals surface area contributed by atoms with Crippen molar-refractivity contribution in [3.8, 4) is 0 Å². The van der Waals surface area contributed by atoms with Gasteiger partial charge in [-0.05, 0) is 32.1 Å². The molecule has 0 aliphatic carbocycles. The summed E-state index contributed by atoms with van der Waals surface area (Å²) in [5, 5.41) is 0. The van der Waals surface area contributed by atoms with Gasteiger partial charge >= 0.3 is 0 Å². The van der Waals surface area contributed by atoms with E-state index in [-0.39, 0.29) is 17.9 Å². The SMILES string of the molecule is CCN(CC)C(C)CN1C(=O)c2ccccc2C1=O. The molecule has 4 heteroatoms. The van der Waals surface area contributed by atoms with E-state index >= 15 is 0 Å². The molecule has 1 heterocycles. The predicted molar refractivity (Wildman–Crippen MR) is 74.2 cm³/mol. The Balaban J connectivity index is 2.16. The molecule has 0 saturated heterocycles. The predicted octanol–water partition coefficient (Wildman–Crippen LogP) is 2.01. The molecule has 0 N–H and O–H groups in total. The fraction of sp³-hybridized carbons (Fsp3) is 0.467. The van der Waals surface area contributed by atoms with Crippen molar-refractivity contribution >= 4 is 11.8 Å². The number of hydrogen-bond donors (Lipinski definition) is 0. The van der Waals surface area contributed by atoms with E-state index in [1.54, 1.807) is 24.3 Å². The lowest BCUT2D eigenvalue weighted by Gasteiger charge is -2.29. The lowest BCUT2D eigenvalue weighted by molar-refractivity contribution is 0.0602. The van der Waals surface area contributed by atoms with Gasteiger partial charge in [0.25, 0.3) is 11.8 Å². The number of amides is 2. The van der Waals surface area contributed by atoms with E-state index in [2.05, 4.69) is 25.7 Å². The van der Waals surface area contributed by atoms with Crippen molar-refractivity contribution in [3.05, 3.63) is 35.4 Å². The van der Waals surface area contributed by atoms with Crippen LogP contribution in [-0.2, 0) is 0 Å². The zero-order valence-electron chi connectivity index (χ0n) is 11.7. The molecule has 1 atom stereocenters. The molecule has 102 valence electrons. The Labute approximate surface area is 114 Å². The number of fused-ring (bicyclic) bond motifs is 1. The van der Waals surface area contributed by atoms with Crippen molar-refractivity contribution in [2.24, 2.45) is 0 Å². The minimum atomic E-state index is -0.167. The Kier molecular flexibility index (Phi) is 4.00. The molecule has 0 bridgehead atoms. The molecule has 0 saturated carbocycles. The van der Waals surface area contributed by atoms with Crippen LogP contribution in [0, 0.1) is 0 Å². The summed E-state index contributed by atoms with van der Waals surface area (Å²) in [6.45, 7) is 8.51. The standard InChI is InChI=1S/C15H20N2O2/c1-4-16(5-2)11(3)10-17-14(18)12-8-6-7-9-13(12)15(17)19/h6-9,11H,4-5,10H2,1-3H3. The third-order valence-electron chi connectivity index (χ3n) is 3.76. The maximum Gasteiger partial charge on any atom is 0.261 e. The van der Waals surface area contributed by atoms with Gasteiger partial charge in [0.1, 0.15) is 0 Å². The van der Waals surface area contributed by atoms with Crippen LogP contribution in [0.15, 0.2) is 24.3 Å². The van der Waals surface area contributed by atoms with E-state index in [1.807, 2.05) is 0 Å². The first kappa shape index (κ1) is 13.7. The summed E-state index contributed by atoms with van der Waals surface area (Å²) < 4.78 is 0. The summed E-state index contributed by atoms with van der Waals surface area (Å²) in [5.74, 6) is -0.334. The van der Waals surface area contributed by atoms with Gasteiger partial charge in [-0.2, -0.15) is 0 Å². The van der Waals surface area contributed by atoms with E-state index in [0.717, 1.165) is 13.1 Å². The van der Waals surface area contributed by atoms with Crippen LogP contribution in [0.25, 0.3) is 0 Å². The smallest absolute Gasteiger partial charge is 0.261 e. The van der Waals surface area contributed by atoms with E-state index in [9.17, 15) is 9.59 Å². The Hall–Kier alpha value is -1.68. The molecule has 2 amide bonds. The molecule has 1 aromatic carbocycles. The number of likely N-dealkylation sites (N-methyl/N-ethyl adjacent to an activating group) is 1. The number of imide groups is 1. The molecule has 1 aromatic rings. The van der Waals surface area contributed by atoms with Gasteiger partial charge in [-0.1, -0.05) is 26.0 Å². The molecule has 1 unspecified atom stereocenters. The van der Waals surface area contributed by atoms with Gasteiger partial charge < -0.3 is 0 Å². The molecule has 0 radical (unpaired) electrons. The van der Waals surface area contributed by atoms with Crippen LogP contribution in [0.4, 0.5) is 0 Å². The quantitative estimate of drug-likeness (QED) is 0.760. The van der Waals surface area contributed by atoms with Crippen LogP contribution < -0.4 is 0 Å². The van der Waals surface area contributed by atoms with Gasteiger partial charge in [0.2, 0.25) is 0 Å². The highest BCUT2D eigenvalue weighted by molar-refractivity contribution is 6.21. The molecule has 0 aromatic heterocycles. The zero-order chi connectivity index (χ0) is 14.0. The number of carbonyl (C=O) groups is 2. The van der Waals surface area contributed by atoms with Gasteiger partial charge in [-0.15, -0.1) is 0 Å². The van der Waals surface area contributed by atoms with E-state index in [4.69, 9.17) is 0 Å². The topological polar surface area (TPSA) is 40.6 Å². The Morgan fingerprint density at radius 3 is 1.95 bits per heavy atom. The molecular weight excluding hydrogens is 240 g/mol. The molecule has 4 nitrogen and oxygen atoms in total. The molecule has 1 aliphatic rings. The number of nitrogens with zero attached hydrogens (tertiary/aromatic N) is 2. The van der Waals surface area contributed by atoms with Gasteiger partial charge in [-0.25, -0.2) is 0 Å². The summed E-state index contributed by atoms with van der Waals surface area (Å²) in [7, 11) is 0. The van der Waals surface area contributed by atoms with Crippen LogP contribution >= 0.6 is 0 Å². The highest BCUT2D eigenvalue weighted by Crippen LogP contribution is 2.22. The minimum absolute atomic E-state index is 0.167. The molecular formula is C15H20N2O2. The number of carbonyl (C=O) groups excluding carboxylic acids is 2. The first-order valence-electron chi connectivity index (χ1n) is 6.79. The maximum atomic E-state index is 12.2. The second-order valence-electron chi connectivity index (χ2n) is 4.84. The first-order chi connectivity index (χ1) is 9.10. The molecule has 19 heavy (non-hydrogen) atoms. The third-order valence-corrected chi connectivity index (χ3v) is 3.76. The van der Waals surface area contributed by atoms with Crippen molar-refractivity contribution < 1.29 is 9.59 Å². The van der Waals surface area contributed by atoms with Gasteiger partial charge in [0.15, 0.2) is 0 Å². The van der Waals surface area contributed by atoms with Crippen LogP contribution in [-0.4, -0.2) is 47.3 Å². The number of benzene rings is 1. The normalized spacial score (nSPS) is 16.1. The zero-order valence-corrected chi connectivity index (χ0v) is 11.7. The third kappa shape index (κ3) is 2.40. The second-order valence-corrected chi connectivity index (χ2v) is 4.84. The monoisotopic (exact) mass is 260 g/mol. The molecule has 0 spiro atoms. The van der Waals surface area contributed by atoms with Crippen LogP contribution in [0.3, 0.4) is 0 Å². The van der Waals surface area contributed by atoms with Crippen molar-refractivity contribution in [1.82, 2.24) is 9.80 Å². The van der Waals surface area contributed by atoms with Crippen molar-refractivity contribution in [1.29, 1.82) is 0 Å². The van der Waals surface area contributed by atoms with E-state index < -0.39 is 0 Å². The number of hydrogen-bond acceptors (Lipinski definition) is 3. The largest absolute Gasteiger partial charge is 0.299 e. The lowest BCUT2D eigenvalue weighted by Crippen LogP contribution is -2.44. The van der Waals surface area contributed by atoms with Gasteiger partial charge in [0.05, 0.1) is 11.1 Å². The second kappa shape index (κ2) is 5.53. The fourth-order valence-electron chi connectivity index (χ4n) is 2.63. The Morgan fingerprint density at radius 2 is 1.53 bits per heavy atom. The van der Waals surface area contributed by atoms with E-state index in [1.165, 1.54) is 4.90 Å².